The summed E-state index contributed by atoms with van der Waals surface area (Å²) in [5.41, 5.74) is 3.29. The number of hydrogen-bond acceptors (Lipinski definition) is 19. The molecular formula is C54H72O19P2. The molecule has 0 aliphatic carbocycles. The van der Waals surface area contributed by atoms with Crippen molar-refractivity contribution in [2.24, 2.45) is 17.8 Å². The van der Waals surface area contributed by atoms with Crippen LogP contribution in [-0.2, 0) is 101 Å². The highest BCUT2D eigenvalue weighted by Crippen LogP contribution is 2.52. The first-order valence-electron chi connectivity index (χ1n) is 24.8. The van der Waals surface area contributed by atoms with Gasteiger partial charge in [-0.1, -0.05) is 124 Å². The molecule has 4 unspecified atom stereocenters. The van der Waals surface area contributed by atoms with Gasteiger partial charge in [0.1, 0.15) is 36.3 Å². The molecule has 0 bridgehead atoms. The van der Waals surface area contributed by atoms with Gasteiger partial charge in [-0.15, -0.1) is 0 Å². The Morgan fingerprint density at radius 3 is 1.63 bits per heavy atom. The van der Waals surface area contributed by atoms with E-state index in [0.717, 1.165) is 28.0 Å². The summed E-state index contributed by atoms with van der Waals surface area (Å²) in [5, 5.41) is 22.1. The van der Waals surface area contributed by atoms with E-state index in [1.54, 1.807) is 21.0 Å². The highest BCUT2D eigenvalue weighted by atomic mass is 31.2. The highest BCUT2D eigenvalue weighted by molar-refractivity contribution is 7.52. The first kappa shape index (κ1) is 59.8. The molecule has 0 saturated carbocycles. The monoisotopic (exact) mass is 1090 g/mol. The number of hydrogen-bond donors (Lipinski definition) is 2. The van der Waals surface area contributed by atoms with Crippen molar-refractivity contribution in [1.82, 2.24) is 0 Å². The summed E-state index contributed by atoms with van der Waals surface area (Å²) in [6, 6.07) is 35.1. The molecule has 3 aliphatic rings. The number of aliphatic hydroxyl groups excluding tert-OH is 2. The Balaban J connectivity index is 0.000000260. The smallest absolute Gasteiger partial charge is 0.475 e. The summed E-state index contributed by atoms with van der Waals surface area (Å²) < 4.78 is 100. The van der Waals surface area contributed by atoms with Gasteiger partial charge in [0.05, 0.1) is 52.9 Å². The summed E-state index contributed by atoms with van der Waals surface area (Å²) in [5.74, 6) is -1.58. The third kappa shape index (κ3) is 18.1. The van der Waals surface area contributed by atoms with Gasteiger partial charge in [-0.25, -0.2) is 4.57 Å². The molecule has 412 valence electrons. The molecule has 2 N–H and O–H groups in total. The molecule has 0 radical (unpaired) electrons. The molecule has 0 spiro atoms. The Morgan fingerprint density at radius 1 is 0.613 bits per heavy atom. The van der Waals surface area contributed by atoms with Gasteiger partial charge in [-0.05, 0) is 54.2 Å². The van der Waals surface area contributed by atoms with Crippen LogP contribution in [0, 0.1) is 17.8 Å². The van der Waals surface area contributed by atoms with Crippen molar-refractivity contribution < 1.29 is 89.4 Å². The zero-order chi connectivity index (χ0) is 54.3. The van der Waals surface area contributed by atoms with E-state index in [9.17, 15) is 28.9 Å². The van der Waals surface area contributed by atoms with Crippen LogP contribution in [-0.4, -0.2) is 110 Å². The number of carbonyl (C=O) groups is 2. The number of rotatable bonds is 24. The first-order valence-corrected chi connectivity index (χ1v) is 28.2. The number of aliphatic hydroxyl groups is 2. The lowest BCUT2D eigenvalue weighted by molar-refractivity contribution is -0.274. The van der Waals surface area contributed by atoms with Gasteiger partial charge in [0.25, 0.3) is 0 Å². The lowest BCUT2D eigenvalue weighted by Crippen LogP contribution is -2.54. The van der Waals surface area contributed by atoms with Crippen molar-refractivity contribution in [2.75, 3.05) is 27.0 Å². The van der Waals surface area contributed by atoms with Crippen molar-refractivity contribution in [2.45, 2.75) is 136 Å². The minimum Gasteiger partial charge on any atom is -0.497 e. The van der Waals surface area contributed by atoms with E-state index >= 15 is 0 Å². The molecule has 3 aliphatic heterocycles. The number of methoxy groups -OCH3 is 1. The minimum absolute atomic E-state index is 0.0313. The summed E-state index contributed by atoms with van der Waals surface area (Å²) in [4.78, 5) is 23.0. The van der Waals surface area contributed by atoms with E-state index in [2.05, 4.69) is 0 Å². The second-order valence-corrected chi connectivity index (χ2v) is 22.9. The Labute approximate surface area is 439 Å². The molecule has 0 aromatic heterocycles. The maximum Gasteiger partial charge on any atom is 0.475 e. The second-order valence-electron chi connectivity index (χ2n) is 19.2. The quantitative estimate of drug-likeness (QED) is 0.0493. The van der Waals surface area contributed by atoms with Crippen molar-refractivity contribution >= 4 is 27.4 Å². The molecule has 4 aromatic carbocycles. The number of esters is 2. The zero-order valence-electron chi connectivity index (χ0n) is 43.9. The number of phosphoric ester groups is 1. The Morgan fingerprint density at radius 2 is 1.11 bits per heavy atom. The maximum atomic E-state index is 13.6. The topological polar surface area (TPSA) is 229 Å². The summed E-state index contributed by atoms with van der Waals surface area (Å²) in [6.45, 7) is 13.2. The van der Waals surface area contributed by atoms with E-state index in [1.165, 1.54) is 20.5 Å². The van der Waals surface area contributed by atoms with Gasteiger partial charge >= 0.3 is 27.4 Å². The maximum absolute atomic E-state index is 13.6. The molecule has 75 heavy (non-hydrogen) atoms. The Hall–Kier alpha value is -4.40. The molecule has 3 saturated heterocycles. The van der Waals surface area contributed by atoms with Gasteiger partial charge in [0.15, 0.2) is 18.2 Å². The molecule has 3 heterocycles. The molecule has 0 amide bonds. The van der Waals surface area contributed by atoms with E-state index in [0.29, 0.717) is 0 Å². The second kappa shape index (κ2) is 27.8. The minimum atomic E-state index is -4.18. The van der Waals surface area contributed by atoms with E-state index in [1.807, 2.05) is 136 Å². The predicted molar refractivity (Wildman–Crippen MR) is 272 cm³/mol. The molecule has 3 fully saturated rings. The fourth-order valence-electron chi connectivity index (χ4n) is 8.57. The van der Waals surface area contributed by atoms with Crippen molar-refractivity contribution in [1.29, 1.82) is 0 Å². The van der Waals surface area contributed by atoms with Gasteiger partial charge < -0.3 is 57.2 Å². The fraction of sp³-hybridized carbons (Fsp3) is 0.519. The van der Waals surface area contributed by atoms with Crippen LogP contribution in [0.15, 0.2) is 115 Å². The molecule has 19 nitrogen and oxygen atoms in total. The number of ether oxygens (including phenoxy) is 8. The van der Waals surface area contributed by atoms with E-state index in [-0.39, 0.29) is 56.9 Å². The molecular weight excluding hydrogens is 1010 g/mol. The van der Waals surface area contributed by atoms with E-state index < -0.39 is 89.0 Å². The van der Waals surface area contributed by atoms with Crippen LogP contribution >= 0.6 is 15.4 Å². The Bertz CT molecular complexity index is 2420. The normalized spacial score (nSPS) is 26.1. The van der Waals surface area contributed by atoms with Crippen LogP contribution < -0.4 is 4.74 Å². The molecule has 13 atom stereocenters. The molecule has 7 rings (SSSR count). The Kier molecular flexibility index (Phi) is 22.2. The standard InChI is InChI=1S/C32H39O11P.C22H33O8P/c1-32(2)42-29-28(41-31(30(29)43-32)37-18-24-14-16-25(36-3)17-15-24)27(34)26(33)21-40-44(35,38-19-22-10-6-4-7-11-22)39-20-23-12-8-5-9-13-23;1-14(12-26-31(6,25)27-13-19-10-8-7-9-11-19)20-15(2)16(3)21(28-17(4)23)22(30-20)29-18(5)24/h4-17,26-31,33-34H,18-21H2,1-3H3;7-11,14-16,20-22H,12-13H2,1-6H3/t26-,27-,28-,29-,30?,31+;14-,15+,16+,20?,21?,22+,31?/m11/s1. The van der Waals surface area contributed by atoms with Gasteiger partial charge in [0.2, 0.25) is 6.29 Å². The lowest BCUT2D eigenvalue weighted by atomic mass is 9.79. The molecule has 21 heteroatoms. The zero-order valence-corrected chi connectivity index (χ0v) is 45.7. The lowest BCUT2D eigenvalue weighted by Gasteiger charge is -2.45. The molecule has 4 aromatic rings. The number of carbonyl (C=O) groups excluding carboxylic acids is 2. The number of fused-ring (bicyclic) bond motifs is 1. The largest absolute Gasteiger partial charge is 0.497 e. The van der Waals surface area contributed by atoms with Crippen LogP contribution in [0.5, 0.6) is 5.75 Å². The third-order valence-electron chi connectivity index (χ3n) is 12.7. The predicted octanol–water partition coefficient (Wildman–Crippen LogP) is 8.91. The van der Waals surface area contributed by atoms with E-state index in [4.69, 9.17) is 60.5 Å². The van der Waals surface area contributed by atoms with Crippen molar-refractivity contribution in [3.63, 3.8) is 0 Å². The van der Waals surface area contributed by atoms with Crippen molar-refractivity contribution in [3.8, 4) is 5.75 Å². The number of benzene rings is 4. The van der Waals surface area contributed by atoms with Crippen molar-refractivity contribution in [3.05, 3.63) is 138 Å². The highest BCUT2D eigenvalue weighted by Gasteiger charge is 2.58. The SMILES string of the molecule is CC(=O)OC1[C@@H](OC(C)=O)OC([C@H](C)COP(C)(=O)OCc2ccccc2)[C@@H](C)[C@@H]1C.COc1ccc(CO[C@H]2O[C@H]([C@H](O)[C@H](O)COP(=O)(OCc3ccccc3)OCc3ccccc3)[C@H]3OC(C)(C)OC23)cc1. The van der Waals surface area contributed by atoms with Crippen LogP contribution in [0.3, 0.4) is 0 Å². The van der Waals surface area contributed by atoms with Gasteiger partial charge in [-0.2, -0.15) is 0 Å². The number of phosphoric acid groups is 1. The summed E-state index contributed by atoms with van der Waals surface area (Å²) in [7, 11) is -5.87. The summed E-state index contributed by atoms with van der Waals surface area (Å²) >= 11 is 0. The first-order chi connectivity index (χ1) is 35.6. The van der Waals surface area contributed by atoms with Crippen LogP contribution in [0.1, 0.15) is 70.7 Å². The average Bonchev–Trinajstić information content (AvgIpc) is 3.90. The van der Waals surface area contributed by atoms with Crippen LogP contribution in [0.2, 0.25) is 0 Å². The van der Waals surface area contributed by atoms with Crippen LogP contribution in [0.25, 0.3) is 0 Å². The summed E-state index contributed by atoms with van der Waals surface area (Å²) in [6.07, 6.45) is -8.44. The van der Waals surface area contributed by atoms with Gasteiger partial charge in [-0.3, -0.25) is 27.7 Å². The van der Waals surface area contributed by atoms with Gasteiger partial charge in [0, 0.05) is 32.3 Å². The fourth-order valence-corrected chi connectivity index (χ4v) is 10.7. The average molecular weight is 1090 g/mol. The van der Waals surface area contributed by atoms with Crippen LogP contribution in [0.4, 0.5) is 0 Å². The third-order valence-corrected chi connectivity index (χ3v) is 15.2.